The summed E-state index contributed by atoms with van der Waals surface area (Å²) in [7, 11) is 1.17. The number of carbonyl (C=O) groups excluding carboxylic acids is 2. The Hall–Kier alpha value is -0.250. The van der Waals surface area contributed by atoms with Crippen LogP contribution in [0, 0.1) is 0 Å². The van der Waals surface area contributed by atoms with Gasteiger partial charge in [0.25, 0.3) is 7.82 Å². The monoisotopic (exact) mass is 783 g/mol. The SMILES string of the molecule is CCCCCCCC/C=C/CCCCCCCC(=O)OC(COC(=O)CCCCCCCCCCCCCCC)COP(=O)([O-])OCC[N+](C)(C)C.[Na+]. The summed E-state index contributed by atoms with van der Waals surface area (Å²) in [6.07, 6.45) is 35.1. The molecule has 0 aliphatic rings. The van der Waals surface area contributed by atoms with Crippen LogP contribution in [0.1, 0.15) is 194 Å². The Labute approximate surface area is 349 Å². The average molecular weight is 783 g/mol. The maximum Gasteiger partial charge on any atom is 1.00 e. The molecule has 0 rings (SSSR count). The van der Waals surface area contributed by atoms with E-state index in [4.69, 9.17) is 18.5 Å². The molecule has 9 nitrogen and oxygen atoms in total. The number of allylic oxidation sites excluding steroid dienone is 2. The largest absolute Gasteiger partial charge is 1.00 e. The van der Waals surface area contributed by atoms with Crippen LogP contribution in [-0.4, -0.2) is 70.0 Å². The Morgan fingerprint density at radius 2 is 0.981 bits per heavy atom. The fourth-order valence-electron chi connectivity index (χ4n) is 5.88. The van der Waals surface area contributed by atoms with E-state index in [1.165, 1.54) is 109 Å². The summed E-state index contributed by atoms with van der Waals surface area (Å²) in [6, 6.07) is 0. The first-order chi connectivity index (χ1) is 25.0. The standard InChI is InChI=1S/C42H82NO8P.Na/c1-6-8-10-12-14-16-18-20-21-23-25-27-29-31-33-35-42(45)51-40(39-50-52(46,47)49-37-36-43(3,4)5)38-48-41(44)34-32-30-28-26-24-22-19-17-15-13-11-9-7-2;/h20-21,40H,6-19,22-39H2,1-5H3;/q;+1/b21-20+;. The molecule has 2 unspecified atom stereocenters. The fourth-order valence-corrected chi connectivity index (χ4v) is 6.61. The molecule has 0 aliphatic carbocycles. The van der Waals surface area contributed by atoms with Gasteiger partial charge in [0, 0.05) is 12.8 Å². The molecule has 0 bridgehead atoms. The van der Waals surface area contributed by atoms with Gasteiger partial charge in [0.05, 0.1) is 27.7 Å². The Morgan fingerprint density at radius 1 is 0.585 bits per heavy atom. The second-order valence-corrected chi connectivity index (χ2v) is 17.1. The Morgan fingerprint density at radius 3 is 1.42 bits per heavy atom. The Bertz CT molecular complexity index is 914. The van der Waals surface area contributed by atoms with Gasteiger partial charge in [-0.15, -0.1) is 0 Å². The third-order valence-corrected chi connectivity index (χ3v) is 10.2. The van der Waals surface area contributed by atoms with E-state index >= 15 is 0 Å². The molecule has 0 heterocycles. The van der Waals surface area contributed by atoms with Crippen molar-refractivity contribution in [1.29, 1.82) is 0 Å². The van der Waals surface area contributed by atoms with E-state index in [-0.39, 0.29) is 61.6 Å². The van der Waals surface area contributed by atoms with Gasteiger partial charge < -0.3 is 27.9 Å². The van der Waals surface area contributed by atoms with Gasteiger partial charge in [0.15, 0.2) is 6.10 Å². The summed E-state index contributed by atoms with van der Waals surface area (Å²) < 4.78 is 33.8. The zero-order chi connectivity index (χ0) is 38.6. The number of nitrogens with zero attached hydrogens (tertiary/aromatic N) is 1. The second-order valence-electron chi connectivity index (χ2n) is 15.7. The van der Waals surface area contributed by atoms with Crippen LogP contribution in [0.3, 0.4) is 0 Å². The molecular formula is C42H82NNaO8P+. The molecule has 0 amide bonds. The first kappa shape index (κ1) is 54.8. The second kappa shape index (κ2) is 38.6. The number of likely N-dealkylation sites (N-methyl/N-ethyl adjacent to an activating group) is 1. The van der Waals surface area contributed by atoms with E-state index in [2.05, 4.69) is 26.0 Å². The minimum Gasteiger partial charge on any atom is -0.756 e. The summed E-state index contributed by atoms with van der Waals surface area (Å²) in [5, 5.41) is 0. The molecule has 0 aromatic rings. The number of rotatable bonds is 39. The maximum atomic E-state index is 12.6. The van der Waals surface area contributed by atoms with E-state index < -0.39 is 26.5 Å². The van der Waals surface area contributed by atoms with Crippen molar-refractivity contribution >= 4 is 19.8 Å². The summed E-state index contributed by atoms with van der Waals surface area (Å²) in [5.74, 6) is -0.837. The minimum absolute atomic E-state index is 0. The van der Waals surface area contributed by atoms with Gasteiger partial charge in [-0.05, 0) is 38.5 Å². The van der Waals surface area contributed by atoms with Crippen molar-refractivity contribution in [2.45, 2.75) is 200 Å². The topological polar surface area (TPSA) is 111 Å². The number of unbranched alkanes of at least 4 members (excludes halogenated alkanes) is 23. The zero-order valence-corrected chi connectivity index (χ0v) is 38.4. The smallest absolute Gasteiger partial charge is 0.756 e. The molecule has 0 saturated heterocycles. The van der Waals surface area contributed by atoms with Gasteiger partial charge in [-0.25, -0.2) is 0 Å². The van der Waals surface area contributed by atoms with Gasteiger partial charge in [0.1, 0.15) is 19.8 Å². The Kier molecular flexibility index (Phi) is 40.0. The molecule has 0 N–H and O–H groups in total. The van der Waals surface area contributed by atoms with Crippen LogP contribution >= 0.6 is 7.82 Å². The number of hydrogen-bond donors (Lipinski definition) is 0. The van der Waals surface area contributed by atoms with Crippen LogP contribution in [-0.2, 0) is 32.7 Å². The quantitative estimate of drug-likeness (QED) is 0.0153. The summed E-state index contributed by atoms with van der Waals surface area (Å²) in [6.45, 7) is 4.22. The molecule has 53 heavy (non-hydrogen) atoms. The molecule has 0 spiro atoms. The van der Waals surface area contributed by atoms with Crippen molar-refractivity contribution in [3.05, 3.63) is 12.2 Å². The minimum atomic E-state index is -4.62. The van der Waals surface area contributed by atoms with Crippen molar-refractivity contribution < 1.29 is 71.6 Å². The molecule has 308 valence electrons. The van der Waals surface area contributed by atoms with Crippen LogP contribution in [0.5, 0.6) is 0 Å². The number of quaternary nitrogens is 1. The van der Waals surface area contributed by atoms with Gasteiger partial charge in [-0.2, -0.15) is 0 Å². The van der Waals surface area contributed by atoms with Crippen molar-refractivity contribution in [2.75, 3.05) is 47.5 Å². The zero-order valence-electron chi connectivity index (χ0n) is 35.5. The van der Waals surface area contributed by atoms with Gasteiger partial charge in [-0.1, -0.05) is 154 Å². The summed E-state index contributed by atoms with van der Waals surface area (Å²) >= 11 is 0. The molecular weight excluding hydrogens is 700 g/mol. The molecule has 11 heteroatoms. The van der Waals surface area contributed by atoms with Crippen LogP contribution < -0.4 is 34.5 Å². The van der Waals surface area contributed by atoms with Crippen molar-refractivity contribution in [2.24, 2.45) is 0 Å². The predicted octanol–water partition coefficient (Wildman–Crippen LogP) is 8.17. The van der Waals surface area contributed by atoms with Crippen LogP contribution in [0.25, 0.3) is 0 Å². The van der Waals surface area contributed by atoms with E-state index in [0.29, 0.717) is 17.4 Å². The third-order valence-electron chi connectivity index (χ3n) is 9.29. The van der Waals surface area contributed by atoms with Crippen molar-refractivity contribution in [1.82, 2.24) is 0 Å². The number of phosphoric ester groups is 1. The van der Waals surface area contributed by atoms with Gasteiger partial charge in [-0.3, -0.25) is 14.2 Å². The van der Waals surface area contributed by atoms with Crippen molar-refractivity contribution in [3.63, 3.8) is 0 Å². The van der Waals surface area contributed by atoms with E-state index in [9.17, 15) is 19.0 Å². The Balaban J connectivity index is 0. The molecule has 0 aromatic heterocycles. The van der Waals surface area contributed by atoms with Gasteiger partial charge in [0.2, 0.25) is 0 Å². The summed E-state index contributed by atoms with van der Waals surface area (Å²) in [5.41, 5.74) is 0. The molecule has 0 aromatic carbocycles. The molecule has 0 aliphatic heterocycles. The van der Waals surface area contributed by atoms with Crippen LogP contribution in [0.15, 0.2) is 12.2 Å². The summed E-state index contributed by atoms with van der Waals surface area (Å²) in [4.78, 5) is 37.4. The van der Waals surface area contributed by atoms with Crippen LogP contribution in [0.4, 0.5) is 0 Å². The van der Waals surface area contributed by atoms with E-state index in [1.54, 1.807) is 0 Å². The number of ether oxygens (including phenoxy) is 2. The average Bonchev–Trinajstić information content (AvgIpc) is 3.09. The third kappa shape index (κ3) is 42.7. The molecule has 2 atom stereocenters. The fraction of sp³-hybridized carbons (Fsp3) is 0.905. The first-order valence-electron chi connectivity index (χ1n) is 21.4. The van der Waals surface area contributed by atoms with E-state index in [1.807, 2.05) is 21.1 Å². The predicted molar refractivity (Wildman–Crippen MR) is 213 cm³/mol. The number of carbonyl (C=O) groups is 2. The molecule has 0 saturated carbocycles. The maximum absolute atomic E-state index is 12.6. The first-order valence-corrected chi connectivity index (χ1v) is 22.9. The molecule has 0 fully saturated rings. The van der Waals surface area contributed by atoms with Crippen molar-refractivity contribution in [3.8, 4) is 0 Å². The number of esters is 2. The number of phosphoric acid groups is 1. The number of hydrogen-bond acceptors (Lipinski definition) is 8. The molecule has 0 radical (unpaired) electrons. The normalized spacial score (nSPS) is 13.5. The van der Waals surface area contributed by atoms with Crippen LogP contribution in [0.2, 0.25) is 0 Å². The van der Waals surface area contributed by atoms with E-state index in [0.717, 1.165) is 51.4 Å². The van der Waals surface area contributed by atoms with Gasteiger partial charge >= 0.3 is 41.5 Å².